The summed E-state index contributed by atoms with van der Waals surface area (Å²) in [5.41, 5.74) is 0.579. The Hall–Kier alpha value is -1.95. The third-order valence-electron chi connectivity index (χ3n) is 1.82. The quantitative estimate of drug-likeness (QED) is 0.486. The molecule has 0 radical (unpaired) electrons. The number of rotatable bonds is 1. The third kappa shape index (κ3) is 2.75. The first-order valence-electron chi connectivity index (χ1n) is 4.39. The molecule has 0 N–H and O–H groups in total. The maximum Gasteiger partial charge on any atom is 0.125 e. The highest BCUT2D eigenvalue weighted by Gasteiger charge is 1.96. The van der Waals surface area contributed by atoms with Crippen LogP contribution in [0.2, 0.25) is 0 Å². The van der Waals surface area contributed by atoms with Gasteiger partial charge in [0.15, 0.2) is 0 Å². The Bertz CT molecular complexity index is 547. The van der Waals surface area contributed by atoms with Gasteiger partial charge in [-0.05, 0) is 24.3 Å². The summed E-state index contributed by atoms with van der Waals surface area (Å²) in [6.45, 7) is 5.52. The summed E-state index contributed by atoms with van der Waals surface area (Å²) in [6.07, 6.45) is 1.46. The molecular weight excluding hydrogens is 191 g/mol. The lowest BCUT2D eigenvalue weighted by Crippen LogP contribution is -2.26. The minimum absolute atomic E-state index is 0.349. The SMILES string of the molecule is C=c1c(C#CC)cc(F)c/c1=C/N=NC. The van der Waals surface area contributed by atoms with Gasteiger partial charge in [-0.3, -0.25) is 0 Å². The Morgan fingerprint density at radius 1 is 1.47 bits per heavy atom. The molecule has 0 amide bonds. The van der Waals surface area contributed by atoms with E-state index >= 15 is 0 Å². The van der Waals surface area contributed by atoms with Gasteiger partial charge in [0.2, 0.25) is 0 Å². The molecule has 0 aromatic heterocycles. The first-order chi connectivity index (χ1) is 7.19. The van der Waals surface area contributed by atoms with Gasteiger partial charge in [0.1, 0.15) is 5.82 Å². The van der Waals surface area contributed by atoms with Crippen LogP contribution < -0.4 is 10.4 Å². The standard InChI is InChI=1S/C12H11FN2/c1-4-5-10-6-12(13)7-11(9(10)2)8-15-14-3/h6-8H,2H2,1,3H3/b11-8-,15-14?. The number of nitrogens with zero attached hydrogens (tertiary/aromatic N) is 2. The lowest BCUT2D eigenvalue weighted by Gasteiger charge is -1.94. The van der Waals surface area contributed by atoms with E-state index in [1.807, 2.05) is 0 Å². The van der Waals surface area contributed by atoms with Crippen LogP contribution in [0, 0.1) is 17.7 Å². The van der Waals surface area contributed by atoms with E-state index in [1.165, 1.54) is 18.3 Å². The summed E-state index contributed by atoms with van der Waals surface area (Å²) >= 11 is 0. The van der Waals surface area contributed by atoms with E-state index in [9.17, 15) is 4.39 Å². The predicted molar refractivity (Wildman–Crippen MR) is 59.0 cm³/mol. The maximum absolute atomic E-state index is 13.2. The van der Waals surface area contributed by atoms with Crippen LogP contribution in [0.15, 0.2) is 22.4 Å². The second kappa shape index (κ2) is 5.06. The van der Waals surface area contributed by atoms with Crippen molar-refractivity contribution < 1.29 is 4.39 Å². The number of hydrogen-bond donors (Lipinski definition) is 0. The van der Waals surface area contributed by atoms with Crippen molar-refractivity contribution in [1.29, 1.82) is 0 Å². The normalized spacial score (nSPS) is 11.5. The molecule has 0 atom stereocenters. The molecule has 0 heterocycles. The zero-order chi connectivity index (χ0) is 11.3. The molecule has 0 bridgehead atoms. The Labute approximate surface area is 87.9 Å². The maximum atomic E-state index is 13.2. The van der Waals surface area contributed by atoms with Gasteiger partial charge in [-0.25, -0.2) is 4.39 Å². The van der Waals surface area contributed by atoms with Crippen LogP contribution in [0.5, 0.6) is 0 Å². The van der Waals surface area contributed by atoms with Crippen molar-refractivity contribution in [3.05, 3.63) is 34.0 Å². The van der Waals surface area contributed by atoms with Crippen LogP contribution in [0.25, 0.3) is 12.8 Å². The molecule has 0 aliphatic carbocycles. The second-order valence-electron chi connectivity index (χ2n) is 2.84. The van der Waals surface area contributed by atoms with E-state index in [4.69, 9.17) is 0 Å². The topological polar surface area (TPSA) is 24.7 Å². The molecule has 0 saturated carbocycles. The van der Waals surface area contributed by atoms with E-state index in [2.05, 4.69) is 28.6 Å². The molecule has 0 saturated heterocycles. The third-order valence-corrected chi connectivity index (χ3v) is 1.82. The monoisotopic (exact) mass is 202 g/mol. The van der Waals surface area contributed by atoms with Crippen molar-refractivity contribution in [3.8, 4) is 11.8 Å². The van der Waals surface area contributed by atoms with Gasteiger partial charge in [-0.15, -0.1) is 5.92 Å². The summed E-state index contributed by atoms with van der Waals surface area (Å²) in [5, 5.41) is 8.51. The highest BCUT2D eigenvalue weighted by molar-refractivity contribution is 5.40. The minimum Gasteiger partial charge on any atom is -0.207 e. The Morgan fingerprint density at radius 3 is 2.80 bits per heavy atom. The highest BCUT2D eigenvalue weighted by atomic mass is 19.1. The van der Waals surface area contributed by atoms with E-state index in [-0.39, 0.29) is 5.82 Å². The molecule has 76 valence electrons. The lowest BCUT2D eigenvalue weighted by atomic mass is 10.1. The zero-order valence-electron chi connectivity index (χ0n) is 8.71. The summed E-state index contributed by atoms with van der Waals surface area (Å²) in [7, 11) is 1.55. The molecule has 15 heavy (non-hydrogen) atoms. The van der Waals surface area contributed by atoms with Crippen molar-refractivity contribution in [2.24, 2.45) is 10.2 Å². The van der Waals surface area contributed by atoms with Gasteiger partial charge in [0.05, 0.1) is 6.20 Å². The van der Waals surface area contributed by atoms with Crippen LogP contribution in [0.3, 0.4) is 0 Å². The fraction of sp³-hybridized carbons (Fsp3) is 0.167. The van der Waals surface area contributed by atoms with E-state index < -0.39 is 0 Å². The van der Waals surface area contributed by atoms with Gasteiger partial charge < -0.3 is 0 Å². The lowest BCUT2D eigenvalue weighted by molar-refractivity contribution is 0.625. The number of hydrogen-bond acceptors (Lipinski definition) is 2. The van der Waals surface area contributed by atoms with Gasteiger partial charge >= 0.3 is 0 Å². The van der Waals surface area contributed by atoms with Crippen molar-refractivity contribution in [2.75, 3.05) is 7.05 Å². The molecule has 3 heteroatoms. The largest absolute Gasteiger partial charge is 0.207 e. The Morgan fingerprint density at radius 2 is 2.20 bits per heavy atom. The molecule has 1 rings (SSSR count). The molecule has 1 aromatic rings. The van der Waals surface area contributed by atoms with Crippen molar-refractivity contribution in [2.45, 2.75) is 6.92 Å². The highest BCUT2D eigenvalue weighted by Crippen LogP contribution is 1.93. The van der Waals surface area contributed by atoms with E-state index in [0.717, 1.165) is 0 Å². The van der Waals surface area contributed by atoms with Crippen LogP contribution in [0.1, 0.15) is 12.5 Å². The molecule has 0 spiro atoms. The summed E-state index contributed by atoms with van der Waals surface area (Å²) in [5.74, 6) is 5.15. The van der Waals surface area contributed by atoms with E-state index in [1.54, 1.807) is 14.0 Å². The van der Waals surface area contributed by atoms with Crippen LogP contribution >= 0.6 is 0 Å². The first-order valence-corrected chi connectivity index (χ1v) is 4.39. The smallest absolute Gasteiger partial charge is 0.125 e. The molecule has 2 nitrogen and oxygen atoms in total. The minimum atomic E-state index is -0.349. The van der Waals surface area contributed by atoms with Gasteiger partial charge in [-0.2, -0.15) is 10.2 Å². The summed E-state index contributed by atoms with van der Waals surface area (Å²) < 4.78 is 13.2. The zero-order valence-corrected chi connectivity index (χ0v) is 8.71. The molecule has 0 fully saturated rings. The fourth-order valence-electron chi connectivity index (χ4n) is 1.14. The van der Waals surface area contributed by atoms with Crippen molar-refractivity contribution >= 4 is 12.8 Å². The van der Waals surface area contributed by atoms with Crippen molar-refractivity contribution in [3.63, 3.8) is 0 Å². The number of benzene rings is 1. The molecule has 1 aromatic carbocycles. The van der Waals surface area contributed by atoms with E-state index in [0.29, 0.717) is 16.0 Å². The van der Waals surface area contributed by atoms with Crippen molar-refractivity contribution in [1.82, 2.24) is 0 Å². The predicted octanol–water partition coefficient (Wildman–Crippen LogP) is 1.43. The van der Waals surface area contributed by atoms with Gasteiger partial charge in [0.25, 0.3) is 0 Å². The van der Waals surface area contributed by atoms with Crippen LogP contribution in [0.4, 0.5) is 4.39 Å². The number of halogens is 1. The van der Waals surface area contributed by atoms with Crippen LogP contribution in [-0.2, 0) is 0 Å². The average Bonchev–Trinajstić information content (AvgIpc) is 2.21. The molecular formula is C12H11FN2. The fourth-order valence-corrected chi connectivity index (χ4v) is 1.14. The Kier molecular flexibility index (Phi) is 3.75. The second-order valence-corrected chi connectivity index (χ2v) is 2.84. The number of azo groups is 1. The average molecular weight is 202 g/mol. The van der Waals surface area contributed by atoms with Gasteiger partial charge in [0, 0.05) is 17.8 Å². The Balaban J connectivity index is 3.53. The first kappa shape index (κ1) is 11.1. The molecule has 0 unspecified atom stereocenters. The van der Waals surface area contributed by atoms with Gasteiger partial charge in [-0.1, -0.05) is 12.5 Å². The summed E-state index contributed by atoms with van der Waals surface area (Å²) in [6, 6.07) is 2.72. The summed E-state index contributed by atoms with van der Waals surface area (Å²) in [4.78, 5) is 0. The molecule has 0 aliphatic heterocycles. The van der Waals surface area contributed by atoms with Crippen LogP contribution in [-0.4, -0.2) is 7.05 Å². The molecule has 0 aliphatic rings.